The molecule has 1 aliphatic rings. The lowest BCUT2D eigenvalue weighted by atomic mass is 10.0. The molecular formula is C24H30ClN3O4S. The molecule has 0 radical (unpaired) electrons. The molecule has 1 saturated heterocycles. The maximum absolute atomic E-state index is 13.1. The van der Waals surface area contributed by atoms with E-state index in [1.54, 1.807) is 17.0 Å². The second-order valence-electron chi connectivity index (χ2n) is 8.19. The van der Waals surface area contributed by atoms with Crippen molar-refractivity contribution in [3.05, 3.63) is 65.2 Å². The molecule has 3 rings (SSSR count). The highest BCUT2D eigenvalue weighted by atomic mass is 35.5. The first-order chi connectivity index (χ1) is 15.7. The minimum Gasteiger partial charge on any atom is -0.338 e. The largest absolute Gasteiger partial charge is 0.338 e. The zero-order chi connectivity index (χ0) is 24.0. The zero-order valence-corrected chi connectivity index (χ0v) is 20.6. The number of likely N-dealkylation sites (tertiary alicyclic amines) is 1. The van der Waals surface area contributed by atoms with Crippen LogP contribution in [0.1, 0.15) is 36.5 Å². The highest BCUT2D eigenvalue weighted by Crippen LogP contribution is 2.21. The number of hydrogen-bond acceptors (Lipinski definition) is 4. The number of carbonyl (C=O) groups is 2. The Labute approximate surface area is 201 Å². The lowest BCUT2D eigenvalue weighted by Crippen LogP contribution is -2.51. The summed E-state index contributed by atoms with van der Waals surface area (Å²) in [6, 6.07) is 15.0. The van der Waals surface area contributed by atoms with Gasteiger partial charge in [-0.25, -0.2) is 8.42 Å². The van der Waals surface area contributed by atoms with Crippen LogP contribution in [-0.4, -0.2) is 73.6 Å². The fourth-order valence-corrected chi connectivity index (χ4v) is 5.29. The first-order valence-electron chi connectivity index (χ1n) is 11.1. The Bertz CT molecular complexity index is 1050. The van der Waals surface area contributed by atoms with Crippen molar-refractivity contribution in [2.45, 2.75) is 37.1 Å². The SMILES string of the molecule is CCCN(C(=O)CN(C)S(=O)(=O)c1ccc(Cl)cc1)C1CCN(C(=O)c2ccccc2)CC1. The molecule has 2 amide bonds. The van der Waals surface area contributed by atoms with Gasteiger partial charge >= 0.3 is 0 Å². The van der Waals surface area contributed by atoms with E-state index in [4.69, 9.17) is 11.6 Å². The summed E-state index contributed by atoms with van der Waals surface area (Å²) in [6.45, 7) is 3.41. The van der Waals surface area contributed by atoms with Crippen LogP contribution in [0.25, 0.3) is 0 Å². The number of likely N-dealkylation sites (N-methyl/N-ethyl adjacent to an activating group) is 1. The number of nitrogens with zero attached hydrogens (tertiary/aromatic N) is 3. The molecule has 0 aromatic heterocycles. The third-order valence-electron chi connectivity index (χ3n) is 5.88. The number of halogens is 1. The number of carbonyl (C=O) groups excluding carboxylic acids is 2. The average Bonchev–Trinajstić information content (AvgIpc) is 2.83. The summed E-state index contributed by atoms with van der Waals surface area (Å²) in [7, 11) is -2.40. The van der Waals surface area contributed by atoms with E-state index in [0.717, 1.165) is 10.7 Å². The first-order valence-corrected chi connectivity index (χ1v) is 12.9. The summed E-state index contributed by atoms with van der Waals surface area (Å²) in [5.74, 6) is -0.235. The molecule has 0 N–H and O–H groups in total. The molecule has 9 heteroatoms. The minimum atomic E-state index is -3.81. The van der Waals surface area contributed by atoms with Crippen LogP contribution in [0.3, 0.4) is 0 Å². The number of rotatable bonds is 8. The predicted octanol–water partition coefficient (Wildman–Crippen LogP) is 3.50. The quantitative estimate of drug-likeness (QED) is 0.566. The second kappa shape index (κ2) is 11.1. The van der Waals surface area contributed by atoms with E-state index in [2.05, 4.69) is 0 Å². The van der Waals surface area contributed by atoms with Crippen LogP contribution in [0, 0.1) is 0 Å². The molecule has 0 bridgehead atoms. The van der Waals surface area contributed by atoms with Crippen molar-refractivity contribution in [3.8, 4) is 0 Å². The molecule has 1 fully saturated rings. The molecule has 1 heterocycles. The van der Waals surface area contributed by atoms with Crippen molar-refractivity contribution in [3.63, 3.8) is 0 Å². The van der Waals surface area contributed by atoms with Gasteiger partial charge in [0, 0.05) is 43.3 Å². The Balaban J connectivity index is 1.63. The maximum atomic E-state index is 13.1. The van der Waals surface area contributed by atoms with Gasteiger partial charge in [-0.05, 0) is 55.7 Å². The van der Waals surface area contributed by atoms with Gasteiger partial charge in [-0.1, -0.05) is 36.7 Å². The minimum absolute atomic E-state index is 0.00351. The maximum Gasteiger partial charge on any atom is 0.253 e. The van der Waals surface area contributed by atoms with Crippen LogP contribution in [0.2, 0.25) is 5.02 Å². The molecule has 0 atom stereocenters. The van der Waals surface area contributed by atoms with Crippen molar-refractivity contribution in [1.82, 2.24) is 14.1 Å². The molecule has 0 spiro atoms. The van der Waals surface area contributed by atoms with E-state index < -0.39 is 10.0 Å². The van der Waals surface area contributed by atoms with Crippen LogP contribution in [-0.2, 0) is 14.8 Å². The summed E-state index contributed by atoms with van der Waals surface area (Å²) >= 11 is 5.86. The van der Waals surface area contributed by atoms with Gasteiger partial charge in [-0.2, -0.15) is 4.31 Å². The molecular weight excluding hydrogens is 462 g/mol. The Kier molecular flexibility index (Phi) is 8.51. The molecule has 0 unspecified atom stereocenters. The first kappa shape index (κ1) is 25.2. The smallest absolute Gasteiger partial charge is 0.253 e. The van der Waals surface area contributed by atoms with Gasteiger partial charge in [-0.3, -0.25) is 9.59 Å². The van der Waals surface area contributed by atoms with E-state index in [-0.39, 0.29) is 29.3 Å². The van der Waals surface area contributed by atoms with Crippen molar-refractivity contribution >= 4 is 33.4 Å². The number of piperidine rings is 1. The topological polar surface area (TPSA) is 78.0 Å². The van der Waals surface area contributed by atoms with Gasteiger partial charge in [0.15, 0.2) is 0 Å². The number of benzene rings is 2. The second-order valence-corrected chi connectivity index (χ2v) is 10.7. The van der Waals surface area contributed by atoms with Gasteiger partial charge in [0.1, 0.15) is 0 Å². The molecule has 7 nitrogen and oxygen atoms in total. The molecule has 2 aromatic rings. The van der Waals surface area contributed by atoms with Crippen LogP contribution in [0.5, 0.6) is 0 Å². The van der Waals surface area contributed by atoms with E-state index >= 15 is 0 Å². The van der Waals surface area contributed by atoms with Gasteiger partial charge in [0.05, 0.1) is 11.4 Å². The van der Waals surface area contributed by atoms with Gasteiger partial charge < -0.3 is 9.80 Å². The van der Waals surface area contributed by atoms with Crippen molar-refractivity contribution in [1.29, 1.82) is 0 Å². The number of hydrogen-bond donors (Lipinski definition) is 0. The fourth-order valence-electron chi connectivity index (χ4n) is 4.05. The summed E-state index contributed by atoms with van der Waals surface area (Å²) < 4.78 is 26.8. The third-order valence-corrected chi connectivity index (χ3v) is 7.95. The van der Waals surface area contributed by atoms with E-state index in [0.29, 0.717) is 43.1 Å². The van der Waals surface area contributed by atoms with Gasteiger partial charge in [-0.15, -0.1) is 0 Å². The van der Waals surface area contributed by atoms with E-state index in [1.807, 2.05) is 30.0 Å². The fraction of sp³-hybridized carbons (Fsp3) is 0.417. The lowest BCUT2D eigenvalue weighted by Gasteiger charge is -2.39. The highest BCUT2D eigenvalue weighted by Gasteiger charge is 2.31. The third kappa shape index (κ3) is 6.13. The van der Waals surface area contributed by atoms with Gasteiger partial charge in [0.25, 0.3) is 5.91 Å². The number of sulfonamides is 1. The normalized spacial score (nSPS) is 15.0. The molecule has 1 aliphatic heterocycles. The average molecular weight is 492 g/mol. The molecule has 33 heavy (non-hydrogen) atoms. The highest BCUT2D eigenvalue weighted by molar-refractivity contribution is 7.89. The van der Waals surface area contributed by atoms with E-state index in [9.17, 15) is 18.0 Å². The van der Waals surface area contributed by atoms with Crippen LogP contribution < -0.4 is 0 Å². The van der Waals surface area contributed by atoms with Crippen LogP contribution in [0.15, 0.2) is 59.5 Å². The van der Waals surface area contributed by atoms with Crippen molar-refractivity contribution in [2.75, 3.05) is 33.2 Å². The van der Waals surface area contributed by atoms with Gasteiger partial charge in [0.2, 0.25) is 15.9 Å². The molecule has 0 saturated carbocycles. The Hall–Kier alpha value is -2.42. The summed E-state index contributed by atoms with van der Waals surface area (Å²) in [5.41, 5.74) is 0.659. The predicted molar refractivity (Wildman–Crippen MR) is 129 cm³/mol. The van der Waals surface area contributed by atoms with E-state index in [1.165, 1.54) is 31.3 Å². The summed E-state index contributed by atoms with van der Waals surface area (Å²) in [6.07, 6.45) is 2.10. The summed E-state index contributed by atoms with van der Waals surface area (Å²) in [5, 5.41) is 0.443. The van der Waals surface area contributed by atoms with Crippen LogP contribution >= 0.6 is 11.6 Å². The molecule has 0 aliphatic carbocycles. The van der Waals surface area contributed by atoms with Crippen LogP contribution in [0.4, 0.5) is 0 Å². The molecule has 178 valence electrons. The Morgan fingerprint density at radius 3 is 2.21 bits per heavy atom. The van der Waals surface area contributed by atoms with Crippen molar-refractivity contribution < 1.29 is 18.0 Å². The standard InChI is InChI=1S/C24H30ClN3O4S/c1-3-15-28(21-13-16-27(17-14-21)24(30)19-7-5-4-6-8-19)23(29)18-26(2)33(31,32)22-11-9-20(25)10-12-22/h4-12,21H,3,13-18H2,1-2H3. The summed E-state index contributed by atoms with van der Waals surface area (Å²) in [4.78, 5) is 29.5. The van der Waals surface area contributed by atoms with Crippen molar-refractivity contribution in [2.24, 2.45) is 0 Å². The zero-order valence-electron chi connectivity index (χ0n) is 19.0. The monoisotopic (exact) mass is 491 g/mol. The Morgan fingerprint density at radius 2 is 1.64 bits per heavy atom. The molecule has 2 aromatic carbocycles. The Morgan fingerprint density at radius 1 is 1.03 bits per heavy atom. The number of amides is 2. The lowest BCUT2D eigenvalue weighted by molar-refractivity contribution is -0.134.